The van der Waals surface area contributed by atoms with Crippen LogP contribution in [0.3, 0.4) is 0 Å². The van der Waals surface area contributed by atoms with Crippen molar-refractivity contribution < 1.29 is 17.6 Å². The van der Waals surface area contributed by atoms with Crippen molar-refractivity contribution >= 4 is 0 Å². The Kier molecular flexibility index (Phi) is 6.03. The van der Waals surface area contributed by atoms with Gasteiger partial charge in [0.1, 0.15) is 0 Å². The van der Waals surface area contributed by atoms with Gasteiger partial charge in [-0.3, -0.25) is 4.39 Å². The second-order valence-corrected chi connectivity index (χ2v) is 3.09. The van der Waals surface area contributed by atoms with Gasteiger partial charge in [-0.2, -0.15) is 8.78 Å². The quantitative estimate of drug-likeness (QED) is 0.508. The van der Waals surface area contributed by atoms with Crippen molar-refractivity contribution in [2.75, 3.05) is 47.1 Å². The van der Waals surface area contributed by atoms with E-state index in [9.17, 15) is 17.6 Å². The van der Waals surface area contributed by atoms with Gasteiger partial charge in [-0.1, -0.05) is 0 Å². The van der Waals surface area contributed by atoms with E-state index >= 15 is 0 Å². The third-order valence-electron chi connectivity index (χ3n) is 2.13. The first-order chi connectivity index (χ1) is 6.56. The molecule has 1 fully saturated rings. The van der Waals surface area contributed by atoms with E-state index < -0.39 is 12.7 Å². The van der Waals surface area contributed by atoms with Crippen molar-refractivity contribution in [3.8, 4) is 0 Å². The summed E-state index contributed by atoms with van der Waals surface area (Å²) in [4.78, 5) is 2.85. The minimum absolute atomic E-state index is 0.243. The number of rotatable bonds is 2. The molecule has 0 atom stereocenters. The van der Waals surface area contributed by atoms with E-state index in [1.54, 1.807) is 0 Å². The molecule has 0 unspecified atom stereocenters. The molecule has 1 aliphatic rings. The standard InChI is InChI=1S/C7H13F3N2.CH3F/c1-11-2-4-12(5-3-11)7(9,10)6-8;1-2/h2-6H2,1H3;1H3. The van der Waals surface area contributed by atoms with Crippen molar-refractivity contribution in [1.29, 1.82) is 0 Å². The van der Waals surface area contributed by atoms with E-state index in [4.69, 9.17) is 0 Å². The second-order valence-electron chi connectivity index (χ2n) is 3.09. The number of nitrogens with zero attached hydrogens (tertiary/aromatic N) is 2. The highest BCUT2D eigenvalue weighted by Gasteiger charge is 2.38. The van der Waals surface area contributed by atoms with Gasteiger partial charge in [0, 0.05) is 26.2 Å². The molecule has 1 saturated heterocycles. The van der Waals surface area contributed by atoms with Crippen LogP contribution in [0, 0.1) is 0 Å². The summed E-state index contributed by atoms with van der Waals surface area (Å²) in [6.07, 6.45) is 0. The molecule has 0 amide bonds. The summed E-state index contributed by atoms with van der Waals surface area (Å²) in [5.74, 6) is 0. The summed E-state index contributed by atoms with van der Waals surface area (Å²) in [5, 5.41) is 0. The first-order valence-electron chi connectivity index (χ1n) is 4.31. The Morgan fingerprint density at radius 1 is 1.07 bits per heavy atom. The lowest BCUT2D eigenvalue weighted by atomic mass is 10.3. The fourth-order valence-electron chi connectivity index (χ4n) is 1.22. The molecule has 0 bridgehead atoms. The number of likely N-dealkylation sites (N-methyl/N-ethyl adjacent to an activating group) is 1. The molecule has 1 heterocycles. The topological polar surface area (TPSA) is 6.48 Å². The van der Waals surface area contributed by atoms with E-state index in [0.29, 0.717) is 20.3 Å². The lowest BCUT2D eigenvalue weighted by Gasteiger charge is -2.36. The third kappa shape index (κ3) is 3.79. The van der Waals surface area contributed by atoms with Crippen molar-refractivity contribution in [2.45, 2.75) is 6.05 Å². The average Bonchev–Trinajstić information content (AvgIpc) is 2.21. The Labute approximate surface area is 81.5 Å². The maximum atomic E-state index is 12.7. The highest BCUT2D eigenvalue weighted by molar-refractivity contribution is 4.75. The van der Waals surface area contributed by atoms with E-state index in [1.165, 1.54) is 0 Å². The van der Waals surface area contributed by atoms with Crippen molar-refractivity contribution in [3.05, 3.63) is 0 Å². The summed E-state index contributed by atoms with van der Waals surface area (Å²) in [5.41, 5.74) is 0. The molecule has 0 aromatic heterocycles. The predicted molar refractivity (Wildman–Crippen MR) is 47.0 cm³/mol. The molecule has 0 aromatic carbocycles. The first-order valence-corrected chi connectivity index (χ1v) is 4.31. The predicted octanol–water partition coefficient (Wildman–Crippen LogP) is 1.38. The number of alkyl halides is 4. The van der Waals surface area contributed by atoms with Gasteiger partial charge in [-0.25, -0.2) is 9.29 Å². The lowest BCUT2D eigenvalue weighted by molar-refractivity contribution is -0.168. The first kappa shape index (κ1) is 13.6. The van der Waals surface area contributed by atoms with Crippen LogP contribution in [-0.2, 0) is 0 Å². The van der Waals surface area contributed by atoms with Gasteiger partial charge in [0.15, 0.2) is 6.67 Å². The molecule has 86 valence electrons. The zero-order valence-electron chi connectivity index (χ0n) is 8.44. The monoisotopic (exact) mass is 216 g/mol. The highest BCUT2D eigenvalue weighted by Crippen LogP contribution is 2.21. The Morgan fingerprint density at radius 3 is 1.86 bits per heavy atom. The molecule has 14 heavy (non-hydrogen) atoms. The van der Waals surface area contributed by atoms with Crippen molar-refractivity contribution in [3.63, 3.8) is 0 Å². The Hall–Kier alpha value is -0.360. The van der Waals surface area contributed by atoms with Crippen LogP contribution < -0.4 is 0 Å². The zero-order chi connectivity index (χ0) is 11.2. The molecular weight excluding hydrogens is 200 g/mol. The van der Waals surface area contributed by atoms with E-state index in [0.717, 1.165) is 4.90 Å². The largest absolute Gasteiger partial charge is 0.333 e. The summed E-state index contributed by atoms with van der Waals surface area (Å²) in [7, 11) is 2.37. The van der Waals surface area contributed by atoms with Gasteiger partial charge in [0.2, 0.25) is 0 Å². The minimum atomic E-state index is -3.26. The van der Waals surface area contributed by atoms with Crippen LogP contribution >= 0.6 is 0 Å². The van der Waals surface area contributed by atoms with Gasteiger partial charge < -0.3 is 4.90 Å². The van der Waals surface area contributed by atoms with Gasteiger partial charge in [-0.05, 0) is 7.05 Å². The van der Waals surface area contributed by atoms with Crippen molar-refractivity contribution in [1.82, 2.24) is 9.80 Å². The third-order valence-corrected chi connectivity index (χ3v) is 2.13. The molecular formula is C8H16F4N2. The fourth-order valence-corrected chi connectivity index (χ4v) is 1.22. The molecule has 1 rings (SSSR count). The van der Waals surface area contributed by atoms with Crippen LogP contribution in [0.15, 0.2) is 0 Å². The average molecular weight is 216 g/mol. The molecule has 1 aliphatic heterocycles. The molecule has 0 N–H and O–H groups in total. The van der Waals surface area contributed by atoms with Crippen molar-refractivity contribution in [2.24, 2.45) is 0 Å². The Bertz CT molecular complexity index is 146. The fraction of sp³-hybridized carbons (Fsp3) is 1.00. The number of hydrogen-bond acceptors (Lipinski definition) is 2. The van der Waals surface area contributed by atoms with Crippen LogP contribution in [0.5, 0.6) is 0 Å². The lowest BCUT2D eigenvalue weighted by Crippen LogP contribution is -2.53. The molecule has 0 radical (unpaired) electrons. The zero-order valence-corrected chi connectivity index (χ0v) is 8.44. The van der Waals surface area contributed by atoms with Crippen LogP contribution in [0.25, 0.3) is 0 Å². The van der Waals surface area contributed by atoms with Gasteiger partial charge >= 0.3 is 6.05 Å². The smallest absolute Gasteiger partial charge is 0.304 e. The normalized spacial score (nSPS) is 20.1. The number of hydrogen-bond donors (Lipinski definition) is 0. The Morgan fingerprint density at radius 2 is 1.50 bits per heavy atom. The van der Waals surface area contributed by atoms with Gasteiger partial charge in [0.05, 0.1) is 7.18 Å². The second kappa shape index (κ2) is 6.19. The molecule has 0 spiro atoms. The van der Waals surface area contributed by atoms with Crippen LogP contribution in [-0.4, -0.2) is 62.9 Å². The van der Waals surface area contributed by atoms with E-state index in [-0.39, 0.29) is 13.1 Å². The van der Waals surface area contributed by atoms with Gasteiger partial charge in [-0.15, -0.1) is 0 Å². The van der Waals surface area contributed by atoms with E-state index in [1.807, 2.05) is 11.9 Å². The van der Waals surface area contributed by atoms with Crippen LogP contribution in [0.1, 0.15) is 0 Å². The highest BCUT2D eigenvalue weighted by atomic mass is 19.3. The number of halogens is 4. The summed E-state index contributed by atoms with van der Waals surface area (Å²) < 4.78 is 46.7. The molecule has 2 nitrogen and oxygen atoms in total. The molecule has 6 heteroatoms. The van der Waals surface area contributed by atoms with E-state index in [2.05, 4.69) is 0 Å². The maximum absolute atomic E-state index is 12.7. The Balaban J connectivity index is 0.000000791. The molecule has 0 aliphatic carbocycles. The summed E-state index contributed by atoms with van der Waals surface area (Å²) >= 11 is 0. The minimum Gasteiger partial charge on any atom is -0.304 e. The van der Waals surface area contributed by atoms with Crippen LogP contribution in [0.2, 0.25) is 0 Å². The van der Waals surface area contributed by atoms with Crippen LogP contribution in [0.4, 0.5) is 17.6 Å². The number of piperazine rings is 1. The molecule has 0 aromatic rings. The maximum Gasteiger partial charge on any atom is 0.333 e. The summed E-state index contributed by atoms with van der Waals surface area (Å²) in [6.45, 7) is 0.0583. The van der Waals surface area contributed by atoms with Gasteiger partial charge in [0.25, 0.3) is 0 Å². The SMILES string of the molecule is CF.CN1CCN(C(F)(F)CF)CC1. The molecule has 0 saturated carbocycles. The summed E-state index contributed by atoms with van der Waals surface area (Å²) in [6, 6.07) is -3.26.